The summed E-state index contributed by atoms with van der Waals surface area (Å²) in [5.74, 6) is 0.0968. The minimum absolute atomic E-state index is 0. The van der Waals surface area contributed by atoms with Crippen LogP contribution in [0.4, 0.5) is 0 Å². The molecule has 0 radical (unpaired) electrons. The fourth-order valence-corrected chi connectivity index (χ4v) is 1.06. The molecule has 0 aromatic heterocycles. The van der Waals surface area contributed by atoms with Gasteiger partial charge in [0.2, 0.25) is 5.91 Å². The van der Waals surface area contributed by atoms with Crippen molar-refractivity contribution in [1.29, 1.82) is 0 Å². The van der Waals surface area contributed by atoms with Crippen LogP contribution in [0, 0.1) is 0 Å². The molecule has 12 heavy (non-hydrogen) atoms. The molecule has 0 spiro atoms. The Morgan fingerprint density at radius 2 is 2.17 bits per heavy atom. The predicted molar refractivity (Wildman–Crippen MR) is 51.1 cm³/mol. The van der Waals surface area contributed by atoms with Crippen molar-refractivity contribution in [2.24, 2.45) is 0 Å². The normalized spacial score (nSPS) is 11.3. The number of rotatable bonds is 5. The molecule has 0 bridgehead atoms. The van der Waals surface area contributed by atoms with Gasteiger partial charge in [-0.25, -0.2) is 0 Å². The molecular formula is C9H21NO2. The number of hydrogen-bond donors (Lipinski definition) is 1. The molecule has 0 heterocycles. The zero-order valence-corrected chi connectivity index (χ0v) is 8.44. The number of methoxy groups -OCH3 is 1. The van der Waals surface area contributed by atoms with Gasteiger partial charge in [0.1, 0.15) is 0 Å². The summed E-state index contributed by atoms with van der Waals surface area (Å²) in [6.07, 6.45) is 1.47. The van der Waals surface area contributed by atoms with Gasteiger partial charge < -0.3 is 10.1 Å². The second-order valence-corrected chi connectivity index (χ2v) is 3.62. The quantitative estimate of drug-likeness (QED) is 0.689. The van der Waals surface area contributed by atoms with Crippen LogP contribution in [0.15, 0.2) is 0 Å². The maximum atomic E-state index is 11.2. The lowest BCUT2D eigenvalue weighted by Crippen LogP contribution is -2.46. The van der Waals surface area contributed by atoms with E-state index >= 15 is 0 Å². The van der Waals surface area contributed by atoms with Crippen LogP contribution in [0.3, 0.4) is 0 Å². The summed E-state index contributed by atoms with van der Waals surface area (Å²) >= 11 is 0. The molecular weight excluding hydrogens is 154 g/mol. The minimum atomic E-state index is -0.249. The average molecular weight is 175 g/mol. The third kappa shape index (κ3) is 5.13. The highest BCUT2D eigenvalue weighted by atomic mass is 16.5. The smallest absolute Gasteiger partial charge is 0.220 e. The van der Waals surface area contributed by atoms with E-state index in [-0.39, 0.29) is 12.9 Å². The average Bonchev–Trinajstić information content (AvgIpc) is 1.85. The van der Waals surface area contributed by atoms with Gasteiger partial charge in [-0.1, -0.05) is 6.92 Å². The largest absolute Gasteiger partial charge is 0.382 e. The van der Waals surface area contributed by atoms with E-state index in [9.17, 15) is 4.79 Å². The Kier molecular flexibility index (Phi) is 4.90. The van der Waals surface area contributed by atoms with Crippen molar-refractivity contribution in [3.8, 4) is 0 Å². The fourth-order valence-electron chi connectivity index (χ4n) is 1.06. The van der Waals surface area contributed by atoms with Gasteiger partial charge in [0.05, 0.1) is 12.1 Å². The fraction of sp³-hybridized carbons (Fsp3) is 0.889. The Hall–Kier alpha value is -0.570. The second kappa shape index (κ2) is 5.14. The van der Waals surface area contributed by atoms with E-state index in [2.05, 4.69) is 5.32 Å². The third-order valence-electron chi connectivity index (χ3n) is 1.46. The van der Waals surface area contributed by atoms with Crippen LogP contribution in [0.1, 0.15) is 35.0 Å². The zero-order chi connectivity index (χ0) is 9.61. The molecule has 0 aliphatic rings. The summed E-state index contributed by atoms with van der Waals surface area (Å²) < 4.78 is 4.97. The highest BCUT2D eigenvalue weighted by Gasteiger charge is 2.19. The lowest BCUT2D eigenvalue weighted by atomic mass is 10.1. The van der Waals surface area contributed by atoms with Crippen LogP contribution in [0.5, 0.6) is 0 Å². The van der Waals surface area contributed by atoms with Crippen molar-refractivity contribution in [2.45, 2.75) is 39.2 Å². The first-order valence-corrected chi connectivity index (χ1v) is 4.32. The molecule has 0 fully saturated rings. The van der Waals surface area contributed by atoms with Gasteiger partial charge >= 0.3 is 0 Å². The van der Waals surface area contributed by atoms with Gasteiger partial charge in [0, 0.05) is 15.0 Å². The summed E-state index contributed by atoms with van der Waals surface area (Å²) in [6, 6.07) is 0. The first-order chi connectivity index (χ1) is 5.52. The molecule has 3 heteroatoms. The molecule has 3 nitrogen and oxygen atoms in total. The highest BCUT2D eigenvalue weighted by molar-refractivity contribution is 5.76. The SMILES string of the molecule is CCCC(=O)NC(C)(C)COC.[HH]. The van der Waals surface area contributed by atoms with Crippen molar-refractivity contribution >= 4 is 5.91 Å². The van der Waals surface area contributed by atoms with Crippen molar-refractivity contribution < 1.29 is 11.0 Å². The zero-order valence-electron chi connectivity index (χ0n) is 8.44. The summed E-state index contributed by atoms with van der Waals surface area (Å²) in [5, 5.41) is 2.89. The van der Waals surface area contributed by atoms with Crippen molar-refractivity contribution in [3.05, 3.63) is 0 Å². The van der Waals surface area contributed by atoms with Crippen LogP contribution in [-0.2, 0) is 9.53 Å². The van der Waals surface area contributed by atoms with Gasteiger partial charge in [-0.05, 0) is 20.3 Å². The number of nitrogens with one attached hydrogen (secondary N) is 1. The first kappa shape index (κ1) is 11.4. The maximum Gasteiger partial charge on any atom is 0.220 e. The summed E-state index contributed by atoms with van der Waals surface area (Å²) in [5.41, 5.74) is -0.249. The van der Waals surface area contributed by atoms with Gasteiger partial charge in [0.25, 0.3) is 0 Å². The minimum Gasteiger partial charge on any atom is -0.382 e. The van der Waals surface area contributed by atoms with E-state index in [1.807, 2.05) is 20.8 Å². The number of carbonyl (C=O) groups excluding carboxylic acids is 1. The molecule has 0 aliphatic heterocycles. The van der Waals surface area contributed by atoms with Crippen molar-refractivity contribution in [2.75, 3.05) is 13.7 Å². The summed E-state index contributed by atoms with van der Waals surface area (Å²) in [6.45, 7) is 6.43. The Labute approximate surface area is 76.0 Å². The van der Waals surface area contributed by atoms with E-state index < -0.39 is 0 Å². The topological polar surface area (TPSA) is 38.3 Å². The van der Waals surface area contributed by atoms with E-state index in [0.29, 0.717) is 13.0 Å². The van der Waals surface area contributed by atoms with Crippen LogP contribution >= 0.6 is 0 Å². The monoisotopic (exact) mass is 175 g/mol. The summed E-state index contributed by atoms with van der Waals surface area (Å²) in [7, 11) is 1.63. The Morgan fingerprint density at radius 1 is 1.58 bits per heavy atom. The van der Waals surface area contributed by atoms with Crippen LogP contribution in [-0.4, -0.2) is 25.2 Å². The van der Waals surface area contributed by atoms with Crippen molar-refractivity contribution in [1.82, 2.24) is 5.32 Å². The molecule has 1 N–H and O–H groups in total. The predicted octanol–water partition coefficient (Wildman–Crippen LogP) is 1.57. The molecule has 74 valence electrons. The molecule has 1 amide bonds. The lowest BCUT2D eigenvalue weighted by molar-refractivity contribution is -0.123. The second-order valence-electron chi connectivity index (χ2n) is 3.62. The van der Waals surface area contributed by atoms with E-state index in [1.54, 1.807) is 7.11 Å². The van der Waals surface area contributed by atoms with Crippen LogP contribution in [0.2, 0.25) is 0 Å². The molecule has 0 rings (SSSR count). The Balaban J connectivity index is 0. The molecule has 0 saturated heterocycles. The molecule has 0 aromatic rings. The van der Waals surface area contributed by atoms with Crippen LogP contribution < -0.4 is 5.32 Å². The summed E-state index contributed by atoms with van der Waals surface area (Å²) in [4.78, 5) is 11.2. The number of hydrogen-bond acceptors (Lipinski definition) is 2. The third-order valence-corrected chi connectivity index (χ3v) is 1.46. The molecule has 0 unspecified atom stereocenters. The Morgan fingerprint density at radius 3 is 2.58 bits per heavy atom. The molecule has 0 atom stereocenters. The molecule has 0 aromatic carbocycles. The first-order valence-electron chi connectivity index (χ1n) is 4.32. The van der Waals surface area contributed by atoms with E-state index in [1.165, 1.54) is 0 Å². The van der Waals surface area contributed by atoms with Gasteiger partial charge in [-0.2, -0.15) is 0 Å². The van der Waals surface area contributed by atoms with Gasteiger partial charge in [-0.15, -0.1) is 0 Å². The van der Waals surface area contributed by atoms with E-state index in [4.69, 9.17) is 4.74 Å². The number of carbonyl (C=O) groups is 1. The van der Waals surface area contributed by atoms with Gasteiger partial charge in [0.15, 0.2) is 0 Å². The molecule has 0 aliphatic carbocycles. The standard InChI is InChI=1S/C9H19NO2.H2/c1-5-6-8(11)10-9(2,3)7-12-4;/h5-7H2,1-4H3,(H,10,11);1H. The highest BCUT2D eigenvalue weighted by Crippen LogP contribution is 2.02. The molecule has 0 saturated carbocycles. The van der Waals surface area contributed by atoms with Gasteiger partial charge in [-0.3, -0.25) is 4.79 Å². The van der Waals surface area contributed by atoms with Crippen molar-refractivity contribution in [3.63, 3.8) is 0 Å². The van der Waals surface area contributed by atoms with Crippen LogP contribution in [0.25, 0.3) is 0 Å². The Bertz CT molecular complexity index is 149. The maximum absolute atomic E-state index is 11.2. The van der Waals surface area contributed by atoms with E-state index in [0.717, 1.165) is 6.42 Å². The number of ether oxygens (including phenoxy) is 1. The lowest BCUT2D eigenvalue weighted by Gasteiger charge is -2.25. The number of amides is 1.